The number of hydrogen-bond donors (Lipinski definition) is 5. The average Bonchev–Trinajstić information content (AvgIpc) is 3.33. The monoisotopic (exact) mass is 426 g/mol. The maximum Gasteiger partial charge on any atom is 0.319 e. The van der Waals surface area contributed by atoms with E-state index in [1.807, 2.05) is 6.07 Å². The highest BCUT2D eigenvalue weighted by molar-refractivity contribution is 5.91. The average molecular weight is 426 g/mol. The number of aromatic nitrogens is 2. The number of nitrogens with zero attached hydrogens (tertiary/aromatic N) is 1. The Morgan fingerprint density at radius 1 is 1.23 bits per heavy atom. The van der Waals surface area contributed by atoms with Gasteiger partial charge in [-0.25, -0.2) is 4.79 Å². The number of hydrogen-bond acceptors (Lipinski definition) is 6. The third-order valence-corrected chi connectivity index (χ3v) is 4.59. The van der Waals surface area contributed by atoms with Gasteiger partial charge in [0, 0.05) is 18.3 Å². The minimum atomic E-state index is -0.729. The highest BCUT2D eigenvalue weighted by Gasteiger charge is 2.12. The molecule has 1 heterocycles. The zero-order chi connectivity index (χ0) is 22.1. The molecule has 0 aliphatic carbocycles. The number of rotatable bonds is 10. The van der Waals surface area contributed by atoms with Crippen molar-refractivity contribution in [2.45, 2.75) is 12.5 Å². The molecule has 3 rings (SSSR count). The van der Waals surface area contributed by atoms with Crippen LogP contribution in [0.4, 0.5) is 10.5 Å². The first kappa shape index (κ1) is 22.1. The summed E-state index contributed by atoms with van der Waals surface area (Å²) in [5, 5.41) is 31.5. The van der Waals surface area contributed by atoms with Gasteiger partial charge < -0.3 is 30.3 Å². The molecule has 1 atom stereocenters. The Morgan fingerprint density at radius 2 is 2.10 bits per heavy atom. The van der Waals surface area contributed by atoms with Crippen LogP contribution in [0.3, 0.4) is 0 Å². The number of ether oxygens (including phenoxy) is 2. The van der Waals surface area contributed by atoms with Gasteiger partial charge in [0.25, 0.3) is 0 Å². The first-order chi connectivity index (χ1) is 15.1. The first-order valence-electron chi connectivity index (χ1n) is 9.84. The van der Waals surface area contributed by atoms with Gasteiger partial charge in [0.15, 0.2) is 0 Å². The number of anilines is 1. The minimum absolute atomic E-state index is 0.0951. The fraction of sp³-hybridized carbons (Fsp3) is 0.273. The van der Waals surface area contributed by atoms with Gasteiger partial charge in [-0.3, -0.25) is 5.10 Å². The maximum atomic E-state index is 12.3. The third kappa shape index (κ3) is 6.21. The second-order valence-electron chi connectivity index (χ2n) is 6.73. The molecule has 0 fully saturated rings. The second-order valence-corrected chi connectivity index (χ2v) is 6.73. The smallest absolute Gasteiger partial charge is 0.319 e. The van der Waals surface area contributed by atoms with Crippen molar-refractivity contribution in [2.24, 2.45) is 0 Å². The molecule has 0 radical (unpaired) electrons. The lowest BCUT2D eigenvalue weighted by atomic mass is 10.1. The summed E-state index contributed by atoms with van der Waals surface area (Å²) in [4.78, 5) is 12.3. The van der Waals surface area contributed by atoms with Crippen molar-refractivity contribution in [3.8, 4) is 22.6 Å². The van der Waals surface area contributed by atoms with Gasteiger partial charge in [0.2, 0.25) is 0 Å². The van der Waals surface area contributed by atoms with Crippen LogP contribution in [0.5, 0.6) is 11.5 Å². The summed E-state index contributed by atoms with van der Waals surface area (Å²) in [6, 6.07) is 12.1. The zero-order valence-corrected chi connectivity index (χ0v) is 17.2. The zero-order valence-electron chi connectivity index (χ0n) is 17.2. The van der Waals surface area contributed by atoms with Crippen molar-refractivity contribution in [2.75, 3.05) is 32.2 Å². The minimum Gasteiger partial charge on any atom is -0.497 e. The van der Waals surface area contributed by atoms with Crippen LogP contribution in [0.2, 0.25) is 0 Å². The number of carbonyl (C=O) groups excluding carboxylic acids is 1. The van der Waals surface area contributed by atoms with Gasteiger partial charge in [-0.1, -0.05) is 18.2 Å². The molecular formula is C22H26N4O5. The summed E-state index contributed by atoms with van der Waals surface area (Å²) in [6.45, 7) is 0.214. The highest BCUT2D eigenvalue weighted by Crippen LogP contribution is 2.30. The Bertz CT molecular complexity index is 978. The molecule has 1 aromatic heterocycles. The van der Waals surface area contributed by atoms with E-state index in [-0.39, 0.29) is 19.8 Å². The van der Waals surface area contributed by atoms with E-state index in [0.717, 1.165) is 16.7 Å². The fourth-order valence-corrected chi connectivity index (χ4v) is 2.99. The second kappa shape index (κ2) is 11.0. The molecule has 0 aliphatic heterocycles. The predicted octanol–water partition coefficient (Wildman–Crippen LogP) is 2.70. The number of nitrogens with one attached hydrogen (secondary N) is 3. The standard InChI is InChI=1S/C22H26N4O5/c1-30-18-4-2-3-16(11-18)20(28)7-8-23-22(29)26-19-6-5-15(17-13-24-25-14-17)12-21(19)31-10-9-27/h2-6,11-14,20,27-28H,7-10H2,1H3,(H,24,25)(H2,23,26,29). The van der Waals surface area contributed by atoms with Gasteiger partial charge >= 0.3 is 6.03 Å². The summed E-state index contributed by atoms with van der Waals surface area (Å²) >= 11 is 0. The van der Waals surface area contributed by atoms with Crippen LogP contribution in [0.25, 0.3) is 11.1 Å². The summed E-state index contributed by atoms with van der Waals surface area (Å²) in [7, 11) is 1.57. The summed E-state index contributed by atoms with van der Waals surface area (Å²) in [5.41, 5.74) is 2.91. The van der Waals surface area contributed by atoms with Crippen LogP contribution >= 0.6 is 0 Å². The molecule has 5 N–H and O–H groups in total. The molecule has 31 heavy (non-hydrogen) atoms. The van der Waals surface area contributed by atoms with Crippen LogP contribution in [0.1, 0.15) is 18.1 Å². The van der Waals surface area contributed by atoms with E-state index in [0.29, 0.717) is 23.6 Å². The molecule has 2 amide bonds. The van der Waals surface area contributed by atoms with Gasteiger partial charge in [-0.05, 0) is 41.8 Å². The molecular weight excluding hydrogens is 400 g/mol. The molecule has 0 spiro atoms. The molecule has 0 bridgehead atoms. The van der Waals surface area contributed by atoms with Crippen LogP contribution in [0, 0.1) is 0 Å². The SMILES string of the molecule is COc1cccc(C(O)CCNC(=O)Nc2ccc(-c3cn[nH]c3)cc2OCCO)c1. The number of aliphatic hydroxyl groups is 2. The van der Waals surface area contributed by atoms with E-state index >= 15 is 0 Å². The number of aromatic amines is 1. The lowest BCUT2D eigenvalue weighted by Gasteiger charge is -2.15. The summed E-state index contributed by atoms with van der Waals surface area (Å²) in [6.07, 6.45) is 3.04. The Balaban J connectivity index is 1.57. The molecule has 0 saturated carbocycles. The number of amides is 2. The normalized spacial score (nSPS) is 11.6. The Labute approximate surface area is 180 Å². The van der Waals surface area contributed by atoms with Crippen molar-refractivity contribution in [1.29, 1.82) is 0 Å². The molecule has 9 heteroatoms. The maximum absolute atomic E-state index is 12.3. The van der Waals surface area contributed by atoms with Crippen LogP contribution in [-0.4, -0.2) is 53.3 Å². The Hall–Kier alpha value is -3.56. The van der Waals surface area contributed by atoms with Gasteiger partial charge in [0.05, 0.1) is 31.7 Å². The van der Waals surface area contributed by atoms with E-state index < -0.39 is 12.1 Å². The predicted molar refractivity (Wildman–Crippen MR) is 116 cm³/mol. The quantitative estimate of drug-likeness (QED) is 0.339. The lowest BCUT2D eigenvalue weighted by Crippen LogP contribution is -2.30. The first-order valence-corrected chi connectivity index (χ1v) is 9.84. The topological polar surface area (TPSA) is 129 Å². The summed E-state index contributed by atoms with van der Waals surface area (Å²) in [5.74, 6) is 1.09. The van der Waals surface area contributed by atoms with Crippen LogP contribution in [0.15, 0.2) is 54.9 Å². The number of urea groups is 1. The molecule has 0 saturated heterocycles. The lowest BCUT2D eigenvalue weighted by molar-refractivity contribution is 0.167. The molecule has 2 aromatic carbocycles. The van der Waals surface area contributed by atoms with Crippen LogP contribution < -0.4 is 20.1 Å². The molecule has 0 aliphatic rings. The third-order valence-electron chi connectivity index (χ3n) is 4.59. The molecule has 9 nitrogen and oxygen atoms in total. The van der Waals surface area contributed by atoms with Crippen molar-refractivity contribution < 1.29 is 24.5 Å². The van der Waals surface area contributed by atoms with Crippen molar-refractivity contribution in [3.05, 3.63) is 60.4 Å². The van der Waals surface area contributed by atoms with Gasteiger partial charge in [-0.15, -0.1) is 0 Å². The molecule has 3 aromatic rings. The van der Waals surface area contributed by atoms with E-state index in [4.69, 9.17) is 14.6 Å². The Kier molecular flexibility index (Phi) is 7.85. The van der Waals surface area contributed by atoms with Crippen LogP contribution in [-0.2, 0) is 0 Å². The summed E-state index contributed by atoms with van der Waals surface area (Å²) < 4.78 is 10.7. The van der Waals surface area contributed by atoms with E-state index in [1.165, 1.54) is 0 Å². The fourth-order valence-electron chi connectivity index (χ4n) is 2.99. The molecule has 164 valence electrons. The number of aliphatic hydroxyl groups excluding tert-OH is 2. The van der Waals surface area contributed by atoms with Crippen molar-refractivity contribution in [3.63, 3.8) is 0 Å². The van der Waals surface area contributed by atoms with E-state index in [9.17, 15) is 9.90 Å². The number of carbonyl (C=O) groups is 1. The molecule has 1 unspecified atom stereocenters. The van der Waals surface area contributed by atoms with E-state index in [1.54, 1.807) is 55.9 Å². The number of benzene rings is 2. The van der Waals surface area contributed by atoms with Gasteiger partial charge in [0.1, 0.15) is 18.1 Å². The van der Waals surface area contributed by atoms with E-state index in [2.05, 4.69) is 20.8 Å². The van der Waals surface area contributed by atoms with Crippen molar-refractivity contribution >= 4 is 11.7 Å². The number of H-pyrrole nitrogens is 1. The van der Waals surface area contributed by atoms with Gasteiger partial charge in [-0.2, -0.15) is 5.10 Å². The number of methoxy groups -OCH3 is 1. The Morgan fingerprint density at radius 3 is 2.84 bits per heavy atom. The van der Waals surface area contributed by atoms with Crippen molar-refractivity contribution in [1.82, 2.24) is 15.5 Å². The highest BCUT2D eigenvalue weighted by atomic mass is 16.5. The largest absolute Gasteiger partial charge is 0.497 e.